The van der Waals surface area contributed by atoms with E-state index in [1.165, 1.54) is 0 Å². The number of ketones is 1. The van der Waals surface area contributed by atoms with Gasteiger partial charge in [0.25, 0.3) is 5.91 Å². The molecule has 1 aliphatic rings. The summed E-state index contributed by atoms with van der Waals surface area (Å²) in [5, 5.41) is 0. The fraction of sp³-hybridized carbons (Fsp3) is 0.222. The van der Waals surface area contributed by atoms with E-state index in [1.807, 2.05) is 42.5 Å². The summed E-state index contributed by atoms with van der Waals surface area (Å²) in [4.78, 5) is 25.5. The van der Waals surface area contributed by atoms with Gasteiger partial charge in [-0.25, -0.2) is 0 Å². The molecular weight excluding hydrogens is 278 g/mol. The van der Waals surface area contributed by atoms with Crippen LogP contribution in [0.3, 0.4) is 0 Å². The molecule has 1 aliphatic heterocycles. The fourth-order valence-corrected chi connectivity index (χ4v) is 2.62. The maximum Gasteiger partial charge on any atom is 0.264 e. The highest BCUT2D eigenvalue weighted by Crippen LogP contribution is 2.29. The van der Waals surface area contributed by atoms with Crippen LogP contribution in [0.25, 0.3) is 0 Å². The molecule has 0 bridgehead atoms. The zero-order chi connectivity index (χ0) is 15.5. The Balaban J connectivity index is 1.70. The minimum absolute atomic E-state index is 0.0118. The van der Waals surface area contributed by atoms with Crippen LogP contribution in [0.4, 0.5) is 5.69 Å². The van der Waals surface area contributed by atoms with Gasteiger partial charge in [-0.1, -0.05) is 18.2 Å². The van der Waals surface area contributed by atoms with Gasteiger partial charge >= 0.3 is 0 Å². The summed E-state index contributed by atoms with van der Waals surface area (Å²) in [7, 11) is 0. The van der Waals surface area contributed by atoms with Gasteiger partial charge in [0.05, 0.1) is 0 Å². The molecule has 0 N–H and O–H groups in total. The summed E-state index contributed by atoms with van der Waals surface area (Å²) in [6.07, 6.45) is 0.771. The Morgan fingerprint density at radius 1 is 1.14 bits per heavy atom. The van der Waals surface area contributed by atoms with Crippen molar-refractivity contribution in [1.29, 1.82) is 0 Å². The number of anilines is 1. The second-order valence-corrected chi connectivity index (χ2v) is 5.30. The van der Waals surface area contributed by atoms with Gasteiger partial charge in [0.15, 0.2) is 12.4 Å². The molecule has 0 spiro atoms. The minimum atomic E-state index is -0.0711. The molecule has 0 fully saturated rings. The zero-order valence-corrected chi connectivity index (χ0v) is 12.4. The standard InChI is InChI=1S/C18H17NO3/c1-13(20)14-7-8-17-15(11-14)9-10-19(17)18(21)12-22-16-5-3-2-4-6-16/h2-8,11H,9-10,12H2,1H3. The molecular formula is C18H17NO3. The number of nitrogens with zero attached hydrogens (tertiary/aromatic N) is 1. The number of fused-ring (bicyclic) bond motifs is 1. The molecule has 0 aliphatic carbocycles. The second kappa shape index (κ2) is 6.02. The first-order valence-corrected chi connectivity index (χ1v) is 7.27. The predicted octanol–water partition coefficient (Wildman–Crippen LogP) is 2.86. The number of amides is 1. The molecule has 1 amide bonds. The molecule has 0 aromatic heterocycles. The zero-order valence-electron chi connectivity index (χ0n) is 12.4. The summed E-state index contributed by atoms with van der Waals surface area (Å²) in [5.41, 5.74) is 2.61. The van der Waals surface area contributed by atoms with Crippen molar-refractivity contribution in [1.82, 2.24) is 0 Å². The average Bonchev–Trinajstić information content (AvgIpc) is 2.96. The number of Topliss-reactive ketones (excluding diaryl/α,β-unsaturated/α-hetero) is 1. The monoisotopic (exact) mass is 295 g/mol. The maximum absolute atomic E-state index is 12.3. The largest absolute Gasteiger partial charge is 0.484 e. The lowest BCUT2D eigenvalue weighted by atomic mass is 10.1. The molecule has 0 radical (unpaired) electrons. The number of hydrogen-bond donors (Lipinski definition) is 0. The Kier molecular flexibility index (Phi) is 3.92. The van der Waals surface area contributed by atoms with Crippen LogP contribution in [0, 0.1) is 0 Å². The molecule has 4 nitrogen and oxygen atoms in total. The molecule has 0 saturated carbocycles. The van der Waals surface area contributed by atoms with Crippen molar-refractivity contribution in [3.05, 3.63) is 59.7 Å². The molecule has 0 unspecified atom stereocenters. The summed E-state index contributed by atoms with van der Waals surface area (Å²) in [5.74, 6) is 0.653. The SMILES string of the molecule is CC(=O)c1ccc2c(c1)CCN2C(=O)COc1ccccc1. The first-order chi connectivity index (χ1) is 10.6. The van der Waals surface area contributed by atoms with E-state index in [9.17, 15) is 9.59 Å². The van der Waals surface area contributed by atoms with Crippen LogP contribution < -0.4 is 9.64 Å². The molecule has 2 aromatic carbocycles. The Morgan fingerprint density at radius 2 is 1.91 bits per heavy atom. The van der Waals surface area contributed by atoms with E-state index < -0.39 is 0 Å². The highest BCUT2D eigenvalue weighted by molar-refractivity contribution is 5.99. The summed E-state index contributed by atoms with van der Waals surface area (Å²) < 4.78 is 5.51. The number of carbonyl (C=O) groups is 2. The summed E-state index contributed by atoms with van der Waals surface area (Å²) in [6, 6.07) is 14.8. The third-order valence-electron chi connectivity index (χ3n) is 3.79. The number of rotatable bonds is 4. The van der Waals surface area contributed by atoms with Gasteiger partial charge in [0.1, 0.15) is 5.75 Å². The first kappa shape index (κ1) is 14.3. The van der Waals surface area contributed by atoms with Gasteiger partial charge in [0.2, 0.25) is 0 Å². The van der Waals surface area contributed by atoms with Gasteiger partial charge in [-0.3, -0.25) is 9.59 Å². The van der Waals surface area contributed by atoms with E-state index in [1.54, 1.807) is 17.9 Å². The predicted molar refractivity (Wildman–Crippen MR) is 84.4 cm³/mol. The molecule has 112 valence electrons. The van der Waals surface area contributed by atoms with Crippen LogP contribution in [0.15, 0.2) is 48.5 Å². The molecule has 0 atom stereocenters. The molecule has 1 heterocycles. The van der Waals surface area contributed by atoms with Crippen molar-refractivity contribution in [2.75, 3.05) is 18.1 Å². The summed E-state index contributed by atoms with van der Waals surface area (Å²) in [6.45, 7) is 2.19. The van der Waals surface area contributed by atoms with Crippen molar-refractivity contribution >= 4 is 17.4 Å². The van der Waals surface area contributed by atoms with Crippen molar-refractivity contribution in [2.24, 2.45) is 0 Å². The molecule has 4 heteroatoms. The lowest BCUT2D eigenvalue weighted by Crippen LogP contribution is -2.33. The van der Waals surface area contributed by atoms with E-state index in [4.69, 9.17) is 4.74 Å². The van der Waals surface area contributed by atoms with Crippen LogP contribution in [-0.2, 0) is 11.2 Å². The normalized spacial score (nSPS) is 12.9. The van der Waals surface area contributed by atoms with Crippen molar-refractivity contribution in [3.63, 3.8) is 0 Å². The number of carbonyl (C=O) groups excluding carboxylic acids is 2. The number of para-hydroxylation sites is 1. The van der Waals surface area contributed by atoms with Crippen LogP contribution in [0.5, 0.6) is 5.75 Å². The Hall–Kier alpha value is -2.62. The fourth-order valence-electron chi connectivity index (χ4n) is 2.62. The van der Waals surface area contributed by atoms with Crippen LogP contribution in [-0.4, -0.2) is 24.8 Å². The van der Waals surface area contributed by atoms with Crippen molar-refractivity contribution in [3.8, 4) is 5.75 Å². The lowest BCUT2D eigenvalue weighted by Gasteiger charge is -2.17. The van der Waals surface area contributed by atoms with Crippen LogP contribution >= 0.6 is 0 Å². The van der Waals surface area contributed by atoms with E-state index in [0.717, 1.165) is 17.7 Å². The molecule has 0 saturated heterocycles. The van der Waals surface area contributed by atoms with Gasteiger partial charge < -0.3 is 9.64 Å². The average molecular weight is 295 g/mol. The Morgan fingerprint density at radius 3 is 2.64 bits per heavy atom. The summed E-state index contributed by atoms with van der Waals surface area (Å²) >= 11 is 0. The van der Waals surface area contributed by atoms with Crippen LogP contribution in [0.1, 0.15) is 22.8 Å². The third kappa shape index (κ3) is 2.86. The molecule has 3 rings (SSSR count). The van der Waals surface area contributed by atoms with Crippen LogP contribution in [0.2, 0.25) is 0 Å². The minimum Gasteiger partial charge on any atom is -0.484 e. The van der Waals surface area contributed by atoms with Gasteiger partial charge in [-0.05, 0) is 49.2 Å². The van der Waals surface area contributed by atoms with Crippen molar-refractivity contribution < 1.29 is 14.3 Å². The smallest absolute Gasteiger partial charge is 0.264 e. The van der Waals surface area contributed by atoms with E-state index >= 15 is 0 Å². The van der Waals surface area contributed by atoms with E-state index in [-0.39, 0.29) is 18.3 Å². The molecule has 2 aromatic rings. The highest BCUT2D eigenvalue weighted by Gasteiger charge is 2.25. The number of ether oxygens (including phenoxy) is 1. The second-order valence-electron chi connectivity index (χ2n) is 5.30. The Labute approximate surface area is 129 Å². The third-order valence-corrected chi connectivity index (χ3v) is 3.79. The molecule has 22 heavy (non-hydrogen) atoms. The van der Waals surface area contributed by atoms with Crippen molar-refractivity contribution in [2.45, 2.75) is 13.3 Å². The topological polar surface area (TPSA) is 46.6 Å². The van der Waals surface area contributed by atoms with E-state index in [2.05, 4.69) is 0 Å². The lowest BCUT2D eigenvalue weighted by molar-refractivity contribution is -0.120. The quantitative estimate of drug-likeness (QED) is 0.815. The Bertz CT molecular complexity index is 710. The van der Waals surface area contributed by atoms with Gasteiger partial charge in [-0.2, -0.15) is 0 Å². The van der Waals surface area contributed by atoms with Gasteiger partial charge in [0, 0.05) is 17.8 Å². The van der Waals surface area contributed by atoms with Gasteiger partial charge in [-0.15, -0.1) is 0 Å². The first-order valence-electron chi connectivity index (χ1n) is 7.27. The van der Waals surface area contributed by atoms with E-state index in [0.29, 0.717) is 17.9 Å². The number of hydrogen-bond acceptors (Lipinski definition) is 3. The number of benzene rings is 2. The highest BCUT2D eigenvalue weighted by atomic mass is 16.5. The maximum atomic E-state index is 12.3.